The van der Waals surface area contributed by atoms with Crippen molar-refractivity contribution in [2.45, 2.75) is 75.3 Å². The Morgan fingerprint density at radius 3 is 2.81 bits per heavy atom. The number of nitrogens with zero attached hydrogens (tertiary/aromatic N) is 5. The number of aryl methyl sites for hydroxylation is 1. The molecule has 0 aliphatic carbocycles. The van der Waals surface area contributed by atoms with E-state index >= 15 is 13.2 Å². The summed E-state index contributed by atoms with van der Waals surface area (Å²) < 4.78 is 68.5. The Morgan fingerprint density at radius 2 is 1.94 bits per heavy atom. The van der Waals surface area contributed by atoms with Gasteiger partial charge in [0.05, 0.1) is 16.5 Å². The summed E-state index contributed by atoms with van der Waals surface area (Å²) in [5.41, 5.74) is -0.805. The number of nitrogens with one attached hydrogen (secondary N) is 1. The molecule has 3 saturated heterocycles. The van der Waals surface area contributed by atoms with Gasteiger partial charge in [-0.05, 0) is 74.4 Å². The van der Waals surface area contributed by atoms with Gasteiger partial charge in [-0.3, -0.25) is 14.7 Å². The van der Waals surface area contributed by atoms with Gasteiger partial charge in [0.1, 0.15) is 35.6 Å². The number of alkyl halides is 2. The lowest BCUT2D eigenvalue weighted by atomic mass is 9.90. The van der Waals surface area contributed by atoms with Gasteiger partial charge in [0, 0.05) is 37.8 Å². The lowest BCUT2D eigenvalue weighted by Gasteiger charge is -2.42. The van der Waals surface area contributed by atoms with Crippen LogP contribution >= 0.6 is 0 Å². The molecule has 9 rings (SSSR count). The summed E-state index contributed by atoms with van der Waals surface area (Å²) in [5, 5.41) is 4.28. The second-order valence-corrected chi connectivity index (χ2v) is 13.9. The van der Waals surface area contributed by atoms with Crippen LogP contribution < -0.4 is 15.0 Å². The second-order valence-electron chi connectivity index (χ2n) is 13.9. The molecule has 1 N–H and O–H groups in total. The summed E-state index contributed by atoms with van der Waals surface area (Å²) >= 11 is 0. The molecule has 5 aliphatic heterocycles. The SMILES string of the molecule is C[C@@]12CCCN(C1)c1nc(OC[C@@]34CCCN3C[C@H](F)C4)nc3c(F)c(ncc13)-c1cccc3ccc(F)c(c13)CC[C@@H](F)C(=O)N2. The first-order chi connectivity index (χ1) is 22.6. The third-order valence-corrected chi connectivity index (χ3v) is 10.6. The molecule has 0 radical (unpaired) electrons. The number of aromatic nitrogens is 3. The molecule has 0 unspecified atom stereocenters. The highest BCUT2D eigenvalue weighted by atomic mass is 19.1. The van der Waals surface area contributed by atoms with E-state index in [9.17, 15) is 9.18 Å². The molecule has 7 heterocycles. The minimum Gasteiger partial charge on any atom is -0.461 e. The van der Waals surface area contributed by atoms with Crippen LogP contribution in [0.25, 0.3) is 32.9 Å². The standard InChI is InChI=1S/C35H36F4N6O2/c1-34-11-3-13-44(18-34)31-24-16-40-29(23-6-2-5-20-7-9-25(37)22(27(20)23)8-10-26(38)32(46)43-34)28(39)30(24)41-33(42-31)47-19-35-12-4-14-45(35)17-21(36)15-35/h2,5-7,9,16,21,26H,3-4,8,10-15,17-19H2,1H3,(H,43,46)/t21-,26-,34-,35+/m1/s1. The van der Waals surface area contributed by atoms with E-state index in [2.05, 4.69) is 20.2 Å². The maximum Gasteiger partial charge on any atom is 0.319 e. The minimum atomic E-state index is -1.87. The van der Waals surface area contributed by atoms with Crippen LogP contribution in [0.1, 0.15) is 51.0 Å². The Hall–Kier alpha value is -4.06. The molecule has 5 aliphatic rings. The summed E-state index contributed by atoms with van der Waals surface area (Å²) in [4.78, 5) is 31.1. The number of carbonyl (C=O) groups is 1. The molecule has 2 aromatic heterocycles. The van der Waals surface area contributed by atoms with E-state index in [1.165, 1.54) is 12.3 Å². The zero-order valence-corrected chi connectivity index (χ0v) is 26.2. The smallest absolute Gasteiger partial charge is 0.319 e. The molecule has 4 atom stereocenters. The van der Waals surface area contributed by atoms with E-state index < -0.39 is 41.0 Å². The largest absolute Gasteiger partial charge is 0.461 e. The van der Waals surface area contributed by atoms with Crippen LogP contribution in [0.2, 0.25) is 0 Å². The molecule has 8 nitrogen and oxygen atoms in total. The van der Waals surface area contributed by atoms with Crippen molar-refractivity contribution in [2.24, 2.45) is 0 Å². The number of hydrogen-bond acceptors (Lipinski definition) is 7. The maximum atomic E-state index is 16.9. The van der Waals surface area contributed by atoms with Gasteiger partial charge in [-0.15, -0.1) is 0 Å². The number of rotatable bonds is 3. The van der Waals surface area contributed by atoms with Gasteiger partial charge >= 0.3 is 6.01 Å². The Labute approximate surface area is 269 Å². The molecular weight excluding hydrogens is 612 g/mol. The van der Waals surface area contributed by atoms with Gasteiger partial charge < -0.3 is 15.0 Å². The third-order valence-electron chi connectivity index (χ3n) is 10.6. The van der Waals surface area contributed by atoms with E-state index in [1.54, 1.807) is 24.3 Å². The predicted octanol–water partition coefficient (Wildman–Crippen LogP) is 5.84. The third kappa shape index (κ3) is 5.15. The number of benzene rings is 2. The fourth-order valence-electron chi connectivity index (χ4n) is 8.33. The Balaban J connectivity index is 1.31. The average Bonchev–Trinajstić information content (AvgIpc) is 3.58. The first-order valence-corrected chi connectivity index (χ1v) is 16.4. The second kappa shape index (κ2) is 11.3. The monoisotopic (exact) mass is 648 g/mol. The van der Waals surface area contributed by atoms with E-state index in [1.807, 2.05) is 11.8 Å². The van der Waals surface area contributed by atoms with Gasteiger partial charge in [0.15, 0.2) is 12.0 Å². The lowest BCUT2D eigenvalue weighted by Crippen LogP contribution is -2.58. The van der Waals surface area contributed by atoms with E-state index in [4.69, 9.17) is 9.72 Å². The van der Waals surface area contributed by atoms with E-state index in [-0.39, 0.29) is 48.8 Å². The molecule has 246 valence electrons. The van der Waals surface area contributed by atoms with Gasteiger partial charge in [-0.25, -0.2) is 17.6 Å². The summed E-state index contributed by atoms with van der Waals surface area (Å²) in [5.74, 6) is -1.66. The van der Waals surface area contributed by atoms with Crippen molar-refractivity contribution in [2.75, 3.05) is 37.7 Å². The highest BCUT2D eigenvalue weighted by Gasteiger charge is 2.49. The molecule has 2 aromatic carbocycles. The van der Waals surface area contributed by atoms with Crippen LogP contribution in [0.15, 0.2) is 36.5 Å². The predicted molar refractivity (Wildman–Crippen MR) is 170 cm³/mol. The van der Waals surface area contributed by atoms with Crippen LogP contribution in [-0.4, -0.2) is 82.0 Å². The first kappa shape index (κ1) is 30.3. The number of fused-ring (bicyclic) bond motifs is 6. The summed E-state index contributed by atoms with van der Waals surface area (Å²) in [6.45, 7) is 3.99. The Bertz CT molecular complexity index is 1910. The van der Waals surface area contributed by atoms with Gasteiger partial charge in [0.25, 0.3) is 5.91 Å². The molecule has 3 fully saturated rings. The maximum absolute atomic E-state index is 16.9. The summed E-state index contributed by atoms with van der Waals surface area (Å²) in [6.07, 6.45) is 1.73. The van der Waals surface area contributed by atoms with Crippen LogP contribution in [0.3, 0.4) is 0 Å². The Kier molecular flexibility index (Phi) is 7.27. The fourth-order valence-corrected chi connectivity index (χ4v) is 8.33. The molecule has 4 aromatic rings. The number of ether oxygens (including phenoxy) is 1. The normalized spacial score (nSPS) is 27.9. The topological polar surface area (TPSA) is 83.5 Å². The number of piperidine rings is 1. The van der Waals surface area contributed by atoms with Crippen molar-refractivity contribution in [1.29, 1.82) is 0 Å². The van der Waals surface area contributed by atoms with Gasteiger partial charge in [-0.2, -0.15) is 9.97 Å². The van der Waals surface area contributed by atoms with Gasteiger partial charge in [0.2, 0.25) is 0 Å². The van der Waals surface area contributed by atoms with Crippen molar-refractivity contribution in [3.63, 3.8) is 0 Å². The van der Waals surface area contributed by atoms with Crippen LogP contribution in [-0.2, 0) is 11.2 Å². The fraction of sp³-hybridized carbons (Fsp3) is 0.486. The van der Waals surface area contributed by atoms with E-state index in [0.29, 0.717) is 59.9 Å². The first-order valence-electron chi connectivity index (χ1n) is 16.4. The molecule has 6 bridgehead atoms. The molecule has 1 amide bonds. The van der Waals surface area contributed by atoms with Crippen molar-refractivity contribution >= 4 is 33.4 Å². The number of pyridine rings is 1. The van der Waals surface area contributed by atoms with Crippen LogP contribution in [0, 0.1) is 11.6 Å². The molecule has 0 spiro atoms. The van der Waals surface area contributed by atoms with Crippen molar-refractivity contribution in [1.82, 2.24) is 25.2 Å². The highest BCUT2D eigenvalue weighted by molar-refractivity contribution is 6.01. The average molecular weight is 649 g/mol. The van der Waals surface area contributed by atoms with Crippen molar-refractivity contribution < 1.29 is 27.1 Å². The van der Waals surface area contributed by atoms with Crippen LogP contribution in [0.4, 0.5) is 23.4 Å². The molecule has 47 heavy (non-hydrogen) atoms. The number of halogens is 4. The van der Waals surface area contributed by atoms with E-state index in [0.717, 1.165) is 19.4 Å². The molecular formula is C35H36F4N6O2. The molecule has 12 heteroatoms. The van der Waals surface area contributed by atoms with Crippen molar-refractivity contribution in [3.05, 3.63) is 53.7 Å². The lowest BCUT2D eigenvalue weighted by molar-refractivity contribution is -0.128. The Morgan fingerprint density at radius 1 is 1.09 bits per heavy atom. The minimum absolute atomic E-state index is 0.00671. The van der Waals surface area contributed by atoms with Gasteiger partial charge in [-0.1, -0.05) is 24.3 Å². The zero-order chi connectivity index (χ0) is 32.5. The number of hydrogen-bond donors (Lipinski definition) is 1. The van der Waals surface area contributed by atoms with Crippen LogP contribution in [0.5, 0.6) is 6.01 Å². The highest BCUT2D eigenvalue weighted by Crippen LogP contribution is 2.42. The van der Waals surface area contributed by atoms with Crippen molar-refractivity contribution in [3.8, 4) is 17.3 Å². The summed E-state index contributed by atoms with van der Waals surface area (Å²) in [6, 6.07) is 8.01. The quantitative estimate of drug-likeness (QED) is 0.280. The number of anilines is 1. The number of amides is 1. The summed E-state index contributed by atoms with van der Waals surface area (Å²) in [7, 11) is 0. The molecule has 0 saturated carbocycles. The zero-order valence-electron chi connectivity index (χ0n) is 26.2. The number of carbonyl (C=O) groups excluding carboxylic acids is 1.